The number of hydrogen-bond donors (Lipinski definition) is 2. The van der Waals surface area contributed by atoms with Gasteiger partial charge in [-0.2, -0.15) is 0 Å². The van der Waals surface area contributed by atoms with Gasteiger partial charge < -0.3 is 10.2 Å². The van der Waals surface area contributed by atoms with Crippen LogP contribution in [0, 0.1) is 5.92 Å². The molecular formula is C20H23N3O4S. The van der Waals surface area contributed by atoms with E-state index in [9.17, 15) is 18.0 Å². The van der Waals surface area contributed by atoms with E-state index in [0.29, 0.717) is 12.2 Å². The maximum absolute atomic E-state index is 12.6. The van der Waals surface area contributed by atoms with Crippen LogP contribution >= 0.6 is 0 Å². The van der Waals surface area contributed by atoms with Crippen molar-refractivity contribution in [2.45, 2.75) is 24.7 Å². The smallest absolute Gasteiger partial charge is 0.240 e. The number of carbonyl (C=O) groups excluding carboxylic acids is 2. The molecule has 2 amide bonds. The standard InChI is InChI=1S/C20H23N3O4S/c1-3-14-6-4-5-7-18(14)23-13-15(12-19(23)24)20(25)22-16-8-10-17(11-9-16)28(26,27)21-2/h4-11,15,21H,3,12-13H2,1-2H3,(H,22,25). The van der Waals surface area contributed by atoms with Gasteiger partial charge in [-0.3, -0.25) is 9.59 Å². The van der Waals surface area contributed by atoms with Gasteiger partial charge in [0.1, 0.15) is 0 Å². The Morgan fingerprint density at radius 3 is 2.46 bits per heavy atom. The molecule has 2 N–H and O–H groups in total. The van der Waals surface area contributed by atoms with Gasteiger partial charge in [-0.05, 0) is 49.4 Å². The number of sulfonamides is 1. The third-order valence-corrected chi connectivity index (χ3v) is 6.29. The van der Waals surface area contributed by atoms with Gasteiger partial charge in [0.2, 0.25) is 21.8 Å². The molecule has 1 saturated heterocycles. The van der Waals surface area contributed by atoms with Crippen LogP contribution in [0.4, 0.5) is 11.4 Å². The Kier molecular flexibility index (Phi) is 5.81. The van der Waals surface area contributed by atoms with Gasteiger partial charge in [0.25, 0.3) is 0 Å². The van der Waals surface area contributed by atoms with Gasteiger partial charge in [0, 0.05) is 24.3 Å². The van der Waals surface area contributed by atoms with Crippen molar-refractivity contribution >= 4 is 33.2 Å². The second kappa shape index (κ2) is 8.12. The molecule has 0 bridgehead atoms. The molecule has 0 saturated carbocycles. The molecule has 3 rings (SSSR count). The predicted molar refractivity (Wildman–Crippen MR) is 108 cm³/mol. The summed E-state index contributed by atoms with van der Waals surface area (Å²) in [7, 11) is -2.19. The summed E-state index contributed by atoms with van der Waals surface area (Å²) in [5.74, 6) is -0.788. The molecule has 1 aliphatic heterocycles. The van der Waals surface area contributed by atoms with Crippen molar-refractivity contribution in [2.75, 3.05) is 23.8 Å². The number of nitrogens with one attached hydrogen (secondary N) is 2. The summed E-state index contributed by atoms with van der Waals surface area (Å²) in [6, 6.07) is 13.6. The van der Waals surface area contributed by atoms with Crippen LogP contribution in [0.15, 0.2) is 53.4 Å². The predicted octanol–water partition coefficient (Wildman–Crippen LogP) is 2.15. The number of para-hydroxylation sites is 1. The topological polar surface area (TPSA) is 95.6 Å². The summed E-state index contributed by atoms with van der Waals surface area (Å²) in [5, 5.41) is 2.77. The summed E-state index contributed by atoms with van der Waals surface area (Å²) in [5.41, 5.74) is 2.41. The summed E-state index contributed by atoms with van der Waals surface area (Å²) in [6.45, 7) is 2.36. The number of benzene rings is 2. The maximum atomic E-state index is 12.6. The number of hydrogen-bond acceptors (Lipinski definition) is 4. The minimum atomic E-state index is -3.52. The Bertz CT molecular complexity index is 987. The average molecular weight is 401 g/mol. The fourth-order valence-electron chi connectivity index (χ4n) is 3.27. The highest BCUT2D eigenvalue weighted by Gasteiger charge is 2.35. The van der Waals surface area contributed by atoms with E-state index in [4.69, 9.17) is 0 Å². The molecule has 1 fully saturated rings. The van der Waals surface area contributed by atoms with Crippen LogP contribution in [0.3, 0.4) is 0 Å². The summed E-state index contributed by atoms with van der Waals surface area (Å²) in [4.78, 5) is 26.9. The van der Waals surface area contributed by atoms with Crippen molar-refractivity contribution in [1.29, 1.82) is 0 Å². The molecule has 8 heteroatoms. The van der Waals surface area contributed by atoms with Crippen LogP contribution in [0.1, 0.15) is 18.9 Å². The Balaban J connectivity index is 1.70. The fourth-order valence-corrected chi connectivity index (χ4v) is 4.00. The molecule has 0 aromatic heterocycles. The summed E-state index contributed by atoms with van der Waals surface area (Å²) in [6.07, 6.45) is 0.953. The van der Waals surface area contributed by atoms with Crippen LogP contribution in [-0.4, -0.2) is 33.8 Å². The highest BCUT2D eigenvalue weighted by molar-refractivity contribution is 7.89. The van der Waals surface area contributed by atoms with E-state index < -0.39 is 15.9 Å². The quantitative estimate of drug-likeness (QED) is 0.775. The number of rotatable bonds is 6. The van der Waals surface area contributed by atoms with Gasteiger partial charge in [-0.25, -0.2) is 13.1 Å². The first kappa shape index (κ1) is 20.0. The molecule has 1 aliphatic rings. The van der Waals surface area contributed by atoms with Gasteiger partial charge in [0.05, 0.1) is 10.8 Å². The third-order valence-electron chi connectivity index (χ3n) is 4.86. The first-order valence-electron chi connectivity index (χ1n) is 9.08. The molecule has 1 unspecified atom stereocenters. The van der Waals surface area contributed by atoms with Crippen LogP contribution in [-0.2, 0) is 26.0 Å². The zero-order valence-corrected chi connectivity index (χ0v) is 16.6. The van der Waals surface area contributed by atoms with E-state index in [0.717, 1.165) is 17.7 Å². The van der Waals surface area contributed by atoms with Crippen LogP contribution in [0.2, 0.25) is 0 Å². The van der Waals surface area contributed by atoms with E-state index in [-0.39, 0.29) is 23.1 Å². The Labute approximate surface area is 164 Å². The zero-order valence-electron chi connectivity index (χ0n) is 15.8. The summed E-state index contributed by atoms with van der Waals surface area (Å²) >= 11 is 0. The molecular weight excluding hydrogens is 378 g/mol. The molecule has 7 nitrogen and oxygen atoms in total. The van der Waals surface area contributed by atoms with Crippen molar-refractivity contribution in [3.8, 4) is 0 Å². The van der Waals surface area contributed by atoms with Crippen molar-refractivity contribution < 1.29 is 18.0 Å². The lowest BCUT2D eigenvalue weighted by molar-refractivity contribution is -0.122. The number of aryl methyl sites for hydroxylation is 1. The lowest BCUT2D eigenvalue weighted by atomic mass is 10.1. The Morgan fingerprint density at radius 1 is 1.14 bits per heavy atom. The monoisotopic (exact) mass is 401 g/mol. The number of amides is 2. The first-order valence-corrected chi connectivity index (χ1v) is 10.6. The van der Waals surface area contributed by atoms with Crippen molar-refractivity contribution in [1.82, 2.24) is 4.72 Å². The molecule has 1 heterocycles. The Morgan fingerprint density at radius 2 is 1.82 bits per heavy atom. The molecule has 2 aromatic carbocycles. The fraction of sp³-hybridized carbons (Fsp3) is 0.300. The van der Waals surface area contributed by atoms with Crippen molar-refractivity contribution in [3.05, 3.63) is 54.1 Å². The average Bonchev–Trinajstić information content (AvgIpc) is 3.10. The molecule has 1 atom stereocenters. The number of carbonyl (C=O) groups is 2. The van der Waals surface area contributed by atoms with Crippen LogP contribution < -0.4 is 14.9 Å². The molecule has 148 valence electrons. The largest absolute Gasteiger partial charge is 0.326 e. The second-order valence-corrected chi connectivity index (χ2v) is 8.50. The van der Waals surface area contributed by atoms with Crippen molar-refractivity contribution in [2.24, 2.45) is 5.92 Å². The SMILES string of the molecule is CCc1ccccc1N1CC(C(=O)Nc2ccc(S(=O)(=O)NC)cc2)CC1=O. The minimum Gasteiger partial charge on any atom is -0.326 e. The van der Waals surface area contributed by atoms with Gasteiger partial charge in [0.15, 0.2) is 0 Å². The van der Waals surface area contributed by atoms with Gasteiger partial charge in [-0.15, -0.1) is 0 Å². The molecule has 0 aliphatic carbocycles. The van der Waals surface area contributed by atoms with E-state index in [1.165, 1.54) is 31.3 Å². The normalized spacial score (nSPS) is 17.0. The minimum absolute atomic E-state index is 0.0727. The lowest BCUT2D eigenvalue weighted by Gasteiger charge is -2.20. The number of nitrogens with zero attached hydrogens (tertiary/aromatic N) is 1. The Hall–Kier alpha value is -2.71. The van der Waals surface area contributed by atoms with Crippen LogP contribution in [0.25, 0.3) is 0 Å². The first-order chi connectivity index (χ1) is 13.4. The summed E-state index contributed by atoms with van der Waals surface area (Å²) < 4.78 is 25.8. The van der Waals surface area contributed by atoms with Gasteiger partial charge >= 0.3 is 0 Å². The van der Waals surface area contributed by atoms with E-state index in [1.54, 1.807) is 4.90 Å². The van der Waals surface area contributed by atoms with Gasteiger partial charge in [-0.1, -0.05) is 25.1 Å². The maximum Gasteiger partial charge on any atom is 0.240 e. The van der Waals surface area contributed by atoms with E-state index in [1.807, 2.05) is 31.2 Å². The second-order valence-electron chi connectivity index (χ2n) is 6.61. The number of anilines is 2. The van der Waals surface area contributed by atoms with E-state index >= 15 is 0 Å². The van der Waals surface area contributed by atoms with Crippen LogP contribution in [0.5, 0.6) is 0 Å². The molecule has 0 radical (unpaired) electrons. The highest BCUT2D eigenvalue weighted by atomic mass is 32.2. The van der Waals surface area contributed by atoms with E-state index in [2.05, 4.69) is 10.0 Å². The lowest BCUT2D eigenvalue weighted by Crippen LogP contribution is -2.28. The zero-order chi connectivity index (χ0) is 20.3. The highest BCUT2D eigenvalue weighted by Crippen LogP contribution is 2.29. The molecule has 28 heavy (non-hydrogen) atoms. The molecule has 0 spiro atoms. The molecule has 2 aromatic rings. The van der Waals surface area contributed by atoms with Crippen molar-refractivity contribution in [3.63, 3.8) is 0 Å². The third kappa shape index (κ3) is 4.07.